The molecule has 0 aliphatic heterocycles. The predicted molar refractivity (Wildman–Crippen MR) is 93.1 cm³/mol. The van der Waals surface area contributed by atoms with E-state index in [4.69, 9.17) is 46.4 Å². The fourth-order valence-electron chi connectivity index (χ4n) is 1.90. The third-order valence-corrected chi connectivity index (χ3v) is 4.44. The molecule has 0 spiro atoms. The molecule has 1 amide bonds. The van der Waals surface area contributed by atoms with Gasteiger partial charge in [-0.1, -0.05) is 58.5 Å². The third-order valence-electron chi connectivity index (χ3n) is 3.12. The minimum Gasteiger partial charge on any atom is -0.352 e. The van der Waals surface area contributed by atoms with Crippen LogP contribution in [0.2, 0.25) is 20.1 Å². The van der Waals surface area contributed by atoms with E-state index in [9.17, 15) is 4.79 Å². The molecule has 0 unspecified atom stereocenters. The lowest BCUT2D eigenvalue weighted by molar-refractivity contribution is -0.121. The van der Waals surface area contributed by atoms with Gasteiger partial charge in [-0.25, -0.2) is 0 Å². The van der Waals surface area contributed by atoms with Gasteiger partial charge in [0.1, 0.15) is 0 Å². The molecule has 2 nitrogen and oxygen atoms in total. The largest absolute Gasteiger partial charge is 0.352 e. The van der Waals surface area contributed by atoms with Crippen LogP contribution in [0.4, 0.5) is 0 Å². The first kappa shape index (κ1) is 17.4. The molecule has 1 N–H and O–H groups in total. The van der Waals surface area contributed by atoms with E-state index in [0.29, 0.717) is 39.5 Å². The second kappa shape index (κ2) is 8.07. The molecule has 2 aromatic rings. The normalized spacial score (nSPS) is 10.5. The van der Waals surface area contributed by atoms with Crippen molar-refractivity contribution >= 4 is 52.3 Å². The molecule has 0 fully saturated rings. The maximum Gasteiger partial charge on any atom is 0.220 e. The number of rotatable bonds is 5. The van der Waals surface area contributed by atoms with Crippen LogP contribution >= 0.6 is 46.4 Å². The quantitative estimate of drug-likeness (QED) is 0.728. The molecular formula is C16H13Cl4NO. The van der Waals surface area contributed by atoms with E-state index in [1.165, 1.54) is 0 Å². The van der Waals surface area contributed by atoms with E-state index < -0.39 is 0 Å². The fraction of sp³-hybridized carbons (Fsp3) is 0.188. The first-order chi connectivity index (χ1) is 10.5. The van der Waals surface area contributed by atoms with Gasteiger partial charge in [-0.05, 0) is 41.8 Å². The van der Waals surface area contributed by atoms with Crippen molar-refractivity contribution in [3.8, 4) is 0 Å². The number of hydrogen-bond acceptors (Lipinski definition) is 1. The molecule has 0 heterocycles. The van der Waals surface area contributed by atoms with Crippen molar-refractivity contribution in [2.45, 2.75) is 19.4 Å². The number of carbonyl (C=O) groups excluding carboxylic acids is 1. The number of halogens is 4. The van der Waals surface area contributed by atoms with Gasteiger partial charge in [-0.3, -0.25) is 4.79 Å². The molecule has 2 rings (SSSR count). The summed E-state index contributed by atoms with van der Waals surface area (Å²) in [6.07, 6.45) is 0.959. The van der Waals surface area contributed by atoms with Crippen LogP contribution in [-0.2, 0) is 17.8 Å². The van der Waals surface area contributed by atoms with Gasteiger partial charge in [0.25, 0.3) is 0 Å². The monoisotopic (exact) mass is 375 g/mol. The Hall–Kier alpha value is -0.930. The Bertz CT molecular complexity index is 688. The van der Waals surface area contributed by atoms with Crippen LogP contribution in [0.15, 0.2) is 36.4 Å². The highest BCUT2D eigenvalue weighted by Gasteiger charge is 2.06. The van der Waals surface area contributed by atoms with Crippen molar-refractivity contribution in [3.63, 3.8) is 0 Å². The lowest BCUT2D eigenvalue weighted by Gasteiger charge is -2.08. The smallest absolute Gasteiger partial charge is 0.220 e. The molecule has 116 valence electrons. The second-order valence-electron chi connectivity index (χ2n) is 4.76. The molecule has 0 aliphatic rings. The van der Waals surface area contributed by atoms with Crippen molar-refractivity contribution in [1.29, 1.82) is 0 Å². The van der Waals surface area contributed by atoms with Crippen molar-refractivity contribution < 1.29 is 4.79 Å². The van der Waals surface area contributed by atoms with E-state index >= 15 is 0 Å². The Balaban J connectivity index is 1.84. The average molecular weight is 377 g/mol. The highest BCUT2D eigenvalue weighted by molar-refractivity contribution is 6.42. The number of nitrogens with one attached hydrogen (secondary N) is 1. The zero-order chi connectivity index (χ0) is 16.1. The second-order valence-corrected chi connectivity index (χ2v) is 6.42. The molecule has 0 saturated carbocycles. The van der Waals surface area contributed by atoms with E-state index in [0.717, 1.165) is 11.1 Å². The summed E-state index contributed by atoms with van der Waals surface area (Å²) in [4.78, 5) is 11.9. The number of hydrogen-bond donors (Lipinski definition) is 1. The van der Waals surface area contributed by atoms with E-state index in [2.05, 4.69) is 5.32 Å². The Morgan fingerprint density at radius 2 is 1.68 bits per heavy atom. The summed E-state index contributed by atoms with van der Waals surface area (Å²) in [5.74, 6) is -0.0583. The van der Waals surface area contributed by atoms with Crippen molar-refractivity contribution in [2.24, 2.45) is 0 Å². The van der Waals surface area contributed by atoms with Gasteiger partial charge in [0.15, 0.2) is 0 Å². The third kappa shape index (κ3) is 5.06. The standard InChI is InChI=1S/C16H13Cl4NO/c17-12-4-3-11(14(19)8-12)9-21-16(22)6-2-10-1-5-13(18)15(20)7-10/h1,3-5,7-8H,2,6,9H2,(H,21,22). The molecule has 0 aromatic heterocycles. The van der Waals surface area contributed by atoms with Crippen LogP contribution in [0.1, 0.15) is 17.5 Å². The summed E-state index contributed by atoms with van der Waals surface area (Å²) in [7, 11) is 0. The summed E-state index contributed by atoms with van der Waals surface area (Å²) in [5.41, 5.74) is 1.79. The maximum atomic E-state index is 11.9. The summed E-state index contributed by atoms with van der Waals surface area (Å²) < 4.78 is 0. The molecule has 6 heteroatoms. The van der Waals surface area contributed by atoms with Gasteiger partial charge in [0, 0.05) is 23.0 Å². The molecule has 0 atom stereocenters. The first-order valence-corrected chi connectivity index (χ1v) is 8.11. The number of aryl methyl sites for hydroxylation is 1. The Morgan fingerprint density at radius 3 is 2.36 bits per heavy atom. The minimum absolute atomic E-state index is 0.0583. The molecule has 0 aliphatic carbocycles. The van der Waals surface area contributed by atoms with Gasteiger partial charge in [-0.2, -0.15) is 0 Å². The molecule has 0 bridgehead atoms. The molecule has 22 heavy (non-hydrogen) atoms. The van der Waals surface area contributed by atoms with Crippen LogP contribution in [0.25, 0.3) is 0 Å². The SMILES string of the molecule is O=C(CCc1ccc(Cl)c(Cl)c1)NCc1ccc(Cl)cc1Cl. The highest BCUT2D eigenvalue weighted by Crippen LogP contribution is 2.23. The Morgan fingerprint density at radius 1 is 0.909 bits per heavy atom. The topological polar surface area (TPSA) is 29.1 Å². The van der Waals surface area contributed by atoms with Crippen molar-refractivity contribution in [1.82, 2.24) is 5.32 Å². The predicted octanol–water partition coefficient (Wildman–Crippen LogP) is 5.55. The highest BCUT2D eigenvalue weighted by atomic mass is 35.5. The summed E-state index contributed by atoms with van der Waals surface area (Å²) in [6.45, 7) is 0.371. The van der Waals surface area contributed by atoms with Crippen molar-refractivity contribution in [2.75, 3.05) is 0 Å². The zero-order valence-corrected chi connectivity index (χ0v) is 14.5. The van der Waals surface area contributed by atoms with Gasteiger partial charge in [0.05, 0.1) is 10.0 Å². The summed E-state index contributed by atoms with van der Waals surface area (Å²) >= 11 is 23.7. The van der Waals surface area contributed by atoms with Crippen LogP contribution in [0.3, 0.4) is 0 Å². The lowest BCUT2D eigenvalue weighted by Crippen LogP contribution is -2.23. The number of amides is 1. The number of benzene rings is 2. The first-order valence-electron chi connectivity index (χ1n) is 6.60. The molecule has 0 radical (unpaired) electrons. The van der Waals surface area contributed by atoms with E-state index in [1.54, 1.807) is 30.3 Å². The van der Waals surface area contributed by atoms with Crippen LogP contribution < -0.4 is 5.32 Å². The Labute approximate surface area is 149 Å². The van der Waals surface area contributed by atoms with Crippen LogP contribution in [0.5, 0.6) is 0 Å². The summed E-state index contributed by atoms with van der Waals surface area (Å²) in [5, 5.41) is 4.94. The van der Waals surface area contributed by atoms with E-state index in [-0.39, 0.29) is 5.91 Å². The maximum absolute atomic E-state index is 11.9. The van der Waals surface area contributed by atoms with Crippen LogP contribution in [0, 0.1) is 0 Å². The fourth-order valence-corrected chi connectivity index (χ4v) is 2.70. The van der Waals surface area contributed by atoms with Crippen molar-refractivity contribution in [3.05, 3.63) is 67.6 Å². The van der Waals surface area contributed by atoms with Gasteiger partial charge in [-0.15, -0.1) is 0 Å². The van der Waals surface area contributed by atoms with Crippen LogP contribution in [-0.4, -0.2) is 5.91 Å². The molecular weight excluding hydrogens is 364 g/mol. The minimum atomic E-state index is -0.0583. The zero-order valence-electron chi connectivity index (χ0n) is 11.5. The lowest BCUT2D eigenvalue weighted by atomic mass is 10.1. The van der Waals surface area contributed by atoms with Gasteiger partial charge >= 0.3 is 0 Å². The summed E-state index contributed by atoms with van der Waals surface area (Å²) in [6, 6.07) is 10.5. The molecule has 2 aromatic carbocycles. The van der Waals surface area contributed by atoms with E-state index in [1.807, 2.05) is 6.07 Å². The Kier molecular flexibility index (Phi) is 6.39. The number of carbonyl (C=O) groups is 1. The van der Waals surface area contributed by atoms with Gasteiger partial charge < -0.3 is 5.32 Å². The molecule has 0 saturated heterocycles. The average Bonchev–Trinajstić information content (AvgIpc) is 2.47. The van der Waals surface area contributed by atoms with Gasteiger partial charge in [0.2, 0.25) is 5.91 Å².